The summed E-state index contributed by atoms with van der Waals surface area (Å²) in [6.07, 6.45) is 0. The molecule has 0 aromatic carbocycles. The van der Waals surface area contributed by atoms with E-state index in [0.717, 1.165) is 0 Å². The highest BCUT2D eigenvalue weighted by Gasteiger charge is 1.83. The Morgan fingerprint density at radius 1 is 0.400 bits per heavy atom. The molecule has 0 aromatic rings. The van der Waals surface area contributed by atoms with Crippen molar-refractivity contribution in [3.05, 3.63) is 0 Å². The monoisotopic (exact) mass is 301 g/mol. The third kappa shape index (κ3) is 17.2. The van der Waals surface area contributed by atoms with Crippen molar-refractivity contribution in [2.75, 3.05) is 7.05 Å². The Balaban J connectivity index is 2.89. The number of hydrogen-bond donors (Lipinski definition) is 19. The molecule has 122 valence electrons. The fourth-order valence-corrected chi connectivity index (χ4v) is 0.536. The van der Waals surface area contributed by atoms with Gasteiger partial charge in [-0.15, -0.1) is 0 Å². The van der Waals surface area contributed by atoms with Gasteiger partial charge in [0.05, 0.1) is 0 Å². The van der Waals surface area contributed by atoms with E-state index in [1.165, 1.54) is 0 Å². The summed E-state index contributed by atoms with van der Waals surface area (Å²) in [4.78, 5) is 0. The third-order valence-corrected chi connectivity index (χ3v) is 1.13. The quantitative estimate of drug-likeness (QED) is 0.0676. The SMILES string of the molecule is CNNNNNNNNNNNNNNNNNNN. The van der Waals surface area contributed by atoms with Crippen molar-refractivity contribution < 1.29 is 0 Å². The van der Waals surface area contributed by atoms with Crippen molar-refractivity contribution in [3.63, 3.8) is 0 Å². The van der Waals surface area contributed by atoms with Crippen LogP contribution in [0.3, 0.4) is 0 Å². The predicted octanol–water partition coefficient (Wildman–Crippen LogP) is -9.34. The molecular formula is CH23N19. The van der Waals surface area contributed by atoms with Crippen LogP contribution in [0.1, 0.15) is 0 Å². The first kappa shape index (κ1) is 19.2. The highest BCUT2D eigenvalue weighted by molar-refractivity contribution is 4.17. The van der Waals surface area contributed by atoms with Crippen LogP contribution in [0, 0.1) is 0 Å². The lowest BCUT2D eigenvalue weighted by molar-refractivity contribution is 0.197. The highest BCUT2D eigenvalue weighted by Crippen LogP contribution is 1.28. The lowest BCUT2D eigenvalue weighted by Crippen LogP contribution is -2.69. The molecule has 20 heavy (non-hydrogen) atoms. The van der Waals surface area contributed by atoms with Crippen molar-refractivity contribution >= 4 is 0 Å². The summed E-state index contributed by atoms with van der Waals surface area (Å²) >= 11 is 0. The Labute approximate surface area is 113 Å². The molecule has 0 aliphatic carbocycles. The number of hydrazine groups is 18. The standard InChI is InChI=1S/CH23N19/c1-3-5-7-9-11-13-15-17-19-20-18-16-14-12-10-8-6-4-2/h3-20H,2H2,1H3. The second-order valence-corrected chi connectivity index (χ2v) is 2.39. The van der Waals surface area contributed by atoms with Crippen molar-refractivity contribution in [3.8, 4) is 0 Å². The van der Waals surface area contributed by atoms with Gasteiger partial charge >= 0.3 is 0 Å². The van der Waals surface area contributed by atoms with Crippen LogP contribution in [-0.4, -0.2) is 7.05 Å². The lowest BCUT2D eigenvalue weighted by atomic mass is 11.5. The van der Waals surface area contributed by atoms with Gasteiger partial charge in [0, 0.05) is 0 Å². The van der Waals surface area contributed by atoms with Gasteiger partial charge in [-0.3, -0.25) is 5.84 Å². The molecule has 0 radical (unpaired) electrons. The molecule has 0 atom stereocenters. The molecule has 0 rings (SSSR count). The Kier molecular flexibility index (Phi) is 17.5. The first-order chi connectivity index (χ1) is 9.91. The summed E-state index contributed by atoms with van der Waals surface area (Å²) in [6.45, 7) is 0. The summed E-state index contributed by atoms with van der Waals surface area (Å²) in [6, 6.07) is 0. The first-order valence-corrected chi connectivity index (χ1v) is 5.04. The highest BCUT2D eigenvalue weighted by atomic mass is 16.0. The maximum atomic E-state index is 4.90. The molecule has 0 spiro atoms. The fraction of sp³-hybridized carbons (Fsp3) is 1.00. The van der Waals surface area contributed by atoms with Crippen LogP contribution < -0.4 is 105 Å². The zero-order valence-electron chi connectivity index (χ0n) is 10.6. The van der Waals surface area contributed by atoms with E-state index in [4.69, 9.17) is 5.84 Å². The molecule has 0 fully saturated rings. The molecule has 0 aliphatic heterocycles. The van der Waals surface area contributed by atoms with E-state index < -0.39 is 0 Å². The average molecular weight is 301 g/mol. The topological polar surface area (TPSA) is 243 Å². The zero-order chi connectivity index (χ0) is 14.7. The van der Waals surface area contributed by atoms with Gasteiger partial charge in [-0.1, -0.05) is 0 Å². The number of nitrogens with one attached hydrogen (secondary N) is 18. The number of nitrogens with two attached hydrogens (primary N) is 1. The van der Waals surface area contributed by atoms with Gasteiger partial charge in [-0.25, -0.2) is 5.43 Å². The average Bonchev–Trinajstić information content (AvgIpc) is 2.47. The largest absolute Gasteiger partial charge is 0.257 e. The first-order valence-electron chi connectivity index (χ1n) is 5.04. The summed E-state index contributed by atoms with van der Waals surface area (Å²) in [5.74, 6) is 4.90. The van der Waals surface area contributed by atoms with E-state index in [2.05, 4.69) is 99.5 Å². The Hall–Kier alpha value is -0.760. The number of rotatable bonds is 17. The Morgan fingerprint density at radius 3 is 0.900 bits per heavy atom. The molecule has 19 heteroatoms. The molecule has 0 saturated carbocycles. The van der Waals surface area contributed by atoms with E-state index in [1.807, 2.05) is 0 Å². The van der Waals surface area contributed by atoms with Gasteiger partial charge in [0.1, 0.15) is 0 Å². The van der Waals surface area contributed by atoms with Gasteiger partial charge in [0.15, 0.2) is 0 Å². The van der Waals surface area contributed by atoms with Crippen molar-refractivity contribution in [1.82, 2.24) is 99.5 Å². The minimum atomic E-state index is 1.70. The lowest BCUT2D eigenvalue weighted by Gasteiger charge is -2.14. The molecule has 0 unspecified atom stereocenters. The number of hydrogen-bond acceptors (Lipinski definition) is 19. The van der Waals surface area contributed by atoms with Gasteiger partial charge < -0.3 is 0 Å². The van der Waals surface area contributed by atoms with E-state index >= 15 is 0 Å². The molecular weight excluding hydrogens is 278 g/mol. The molecule has 0 amide bonds. The summed E-state index contributed by atoms with van der Waals surface area (Å²) in [5, 5.41) is 0. The van der Waals surface area contributed by atoms with Gasteiger partial charge in [-0.05, 0) is 7.05 Å². The van der Waals surface area contributed by atoms with E-state index in [1.54, 1.807) is 7.05 Å². The Morgan fingerprint density at radius 2 is 0.650 bits per heavy atom. The predicted molar refractivity (Wildman–Crippen MR) is 66.6 cm³/mol. The second-order valence-electron chi connectivity index (χ2n) is 2.39. The van der Waals surface area contributed by atoms with Crippen LogP contribution in [0.15, 0.2) is 0 Å². The van der Waals surface area contributed by atoms with E-state index in [9.17, 15) is 0 Å². The van der Waals surface area contributed by atoms with Crippen LogP contribution >= 0.6 is 0 Å². The smallest absolute Gasteiger partial charge is 0.000111 e. The molecule has 0 saturated heterocycles. The van der Waals surface area contributed by atoms with Gasteiger partial charge in [0.2, 0.25) is 0 Å². The minimum absolute atomic E-state index is 1.70. The maximum absolute atomic E-state index is 4.90. The molecule has 0 aliphatic rings. The van der Waals surface area contributed by atoms with E-state index in [-0.39, 0.29) is 0 Å². The van der Waals surface area contributed by atoms with E-state index in [0.29, 0.717) is 0 Å². The summed E-state index contributed by atoms with van der Waals surface area (Å²) in [7, 11) is 1.70. The molecule has 19 nitrogen and oxygen atoms in total. The van der Waals surface area contributed by atoms with Crippen LogP contribution in [0.4, 0.5) is 0 Å². The Bertz CT molecular complexity index is 138. The fourth-order valence-electron chi connectivity index (χ4n) is 0.536. The maximum Gasteiger partial charge on any atom is -0.000111 e. The molecule has 20 N–H and O–H groups in total. The van der Waals surface area contributed by atoms with Crippen LogP contribution in [0.2, 0.25) is 0 Å². The zero-order valence-corrected chi connectivity index (χ0v) is 10.6. The normalized spacial score (nSPS) is 11.1. The van der Waals surface area contributed by atoms with Crippen LogP contribution in [0.5, 0.6) is 0 Å². The molecule has 0 bridgehead atoms. The van der Waals surface area contributed by atoms with Crippen LogP contribution in [-0.2, 0) is 0 Å². The summed E-state index contributed by atoms with van der Waals surface area (Å²) in [5.41, 5.74) is 44.4. The van der Waals surface area contributed by atoms with Crippen molar-refractivity contribution in [1.29, 1.82) is 0 Å². The van der Waals surface area contributed by atoms with Gasteiger partial charge in [-0.2, -0.15) is 94.1 Å². The van der Waals surface area contributed by atoms with Crippen molar-refractivity contribution in [2.45, 2.75) is 0 Å². The van der Waals surface area contributed by atoms with Crippen molar-refractivity contribution in [2.24, 2.45) is 5.84 Å². The third-order valence-electron chi connectivity index (χ3n) is 1.13. The summed E-state index contributed by atoms with van der Waals surface area (Å²) < 4.78 is 0. The van der Waals surface area contributed by atoms with Crippen LogP contribution in [0.25, 0.3) is 0 Å². The minimum Gasteiger partial charge on any atom is -0.257 e. The second kappa shape index (κ2) is 18.2. The molecule has 0 aromatic heterocycles. The molecule has 0 heterocycles. The van der Waals surface area contributed by atoms with Gasteiger partial charge in [0.25, 0.3) is 0 Å².